The smallest absolute Gasteiger partial charge is 0.462 e. The number of aliphatic hydroxyl groups is 1. The van der Waals surface area contributed by atoms with Crippen LogP contribution in [0.2, 0.25) is 0 Å². The topological polar surface area (TPSA) is 237 Å². The van der Waals surface area contributed by atoms with Crippen molar-refractivity contribution in [2.75, 3.05) is 39.6 Å². The Balaban J connectivity index is 5.13. The first-order valence-corrected chi connectivity index (χ1v) is 33.3. The Morgan fingerprint density at radius 2 is 0.526 bits per heavy atom. The van der Waals surface area contributed by atoms with Crippen LogP contribution in [0.1, 0.15) is 285 Å². The normalized spacial score (nSPS) is 14.4. The second-order valence-corrected chi connectivity index (χ2v) is 23.6. The molecule has 3 N–H and O–H groups in total. The summed E-state index contributed by atoms with van der Waals surface area (Å²) in [5.41, 5.74) is 0. The van der Waals surface area contributed by atoms with Crippen LogP contribution < -0.4 is 0 Å². The Bertz CT molecular complexity index is 1490. The predicted molar refractivity (Wildman–Crippen MR) is 299 cm³/mol. The number of hydrogen-bond acceptors (Lipinski definition) is 15. The molecule has 0 aliphatic rings. The van der Waals surface area contributed by atoms with Crippen LogP contribution in [0, 0.1) is 0 Å². The monoisotopic (exact) mass is 1130 g/mol. The lowest BCUT2D eigenvalue weighted by Gasteiger charge is -2.21. The zero-order valence-corrected chi connectivity index (χ0v) is 50.0. The quantitative estimate of drug-likeness (QED) is 0.0222. The second-order valence-electron chi connectivity index (χ2n) is 20.7. The van der Waals surface area contributed by atoms with Gasteiger partial charge in [-0.2, -0.15) is 0 Å². The van der Waals surface area contributed by atoms with Crippen LogP contribution in [-0.2, 0) is 65.4 Å². The van der Waals surface area contributed by atoms with Crippen LogP contribution in [0.25, 0.3) is 0 Å². The molecular weight excluding hydrogens is 1020 g/mol. The van der Waals surface area contributed by atoms with Crippen LogP contribution in [0.15, 0.2) is 0 Å². The highest BCUT2D eigenvalue weighted by atomic mass is 31.2. The number of phosphoric acid groups is 2. The zero-order valence-electron chi connectivity index (χ0n) is 48.2. The van der Waals surface area contributed by atoms with Crippen LogP contribution in [-0.4, -0.2) is 96.7 Å². The van der Waals surface area contributed by atoms with E-state index in [1.165, 1.54) is 96.3 Å². The van der Waals surface area contributed by atoms with E-state index in [0.717, 1.165) is 109 Å². The van der Waals surface area contributed by atoms with E-state index in [0.29, 0.717) is 25.7 Å². The van der Waals surface area contributed by atoms with E-state index in [-0.39, 0.29) is 25.7 Å². The van der Waals surface area contributed by atoms with Gasteiger partial charge in [-0.3, -0.25) is 37.3 Å². The summed E-state index contributed by atoms with van der Waals surface area (Å²) in [5.74, 6) is -2.16. The Labute approximate surface area is 460 Å². The average molecular weight is 1130 g/mol. The van der Waals surface area contributed by atoms with Crippen molar-refractivity contribution in [2.24, 2.45) is 0 Å². The van der Waals surface area contributed by atoms with E-state index in [9.17, 15) is 43.2 Å². The molecule has 0 amide bonds. The van der Waals surface area contributed by atoms with Crippen LogP contribution >= 0.6 is 15.6 Å². The first-order valence-electron chi connectivity index (χ1n) is 30.3. The lowest BCUT2D eigenvalue weighted by atomic mass is 10.0. The molecule has 450 valence electrons. The largest absolute Gasteiger partial charge is 0.472 e. The maximum atomic E-state index is 12.9. The molecule has 0 aliphatic heterocycles. The van der Waals surface area contributed by atoms with Crippen molar-refractivity contribution in [1.82, 2.24) is 0 Å². The molecule has 0 heterocycles. The molecule has 19 heteroatoms. The second kappa shape index (κ2) is 52.4. The summed E-state index contributed by atoms with van der Waals surface area (Å²) in [4.78, 5) is 71.5. The van der Waals surface area contributed by atoms with Crippen LogP contribution in [0.3, 0.4) is 0 Å². The fourth-order valence-electron chi connectivity index (χ4n) is 8.40. The molecule has 0 fully saturated rings. The van der Waals surface area contributed by atoms with Gasteiger partial charge < -0.3 is 33.8 Å². The van der Waals surface area contributed by atoms with Gasteiger partial charge in [-0.25, -0.2) is 9.13 Å². The van der Waals surface area contributed by atoms with E-state index in [1.807, 2.05) is 0 Å². The Kier molecular flexibility index (Phi) is 51.1. The van der Waals surface area contributed by atoms with Crippen molar-refractivity contribution in [3.63, 3.8) is 0 Å². The predicted octanol–water partition coefficient (Wildman–Crippen LogP) is 15.2. The molecule has 0 spiro atoms. The van der Waals surface area contributed by atoms with Gasteiger partial charge in [0.25, 0.3) is 0 Å². The molecule has 0 saturated carbocycles. The van der Waals surface area contributed by atoms with Crippen molar-refractivity contribution < 1.29 is 80.2 Å². The summed E-state index contributed by atoms with van der Waals surface area (Å²) < 4.78 is 67.4. The molecule has 2 unspecified atom stereocenters. The van der Waals surface area contributed by atoms with E-state index in [2.05, 4.69) is 27.7 Å². The maximum Gasteiger partial charge on any atom is 0.472 e. The number of carbonyl (C=O) groups excluding carboxylic acids is 4. The average Bonchev–Trinajstić information content (AvgIpc) is 3.39. The summed E-state index contributed by atoms with van der Waals surface area (Å²) in [6.45, 7) is 4.70. The van der Waals surface area contributed by atoms with E-state index in [1.54, 1.807) is 0 Å². The molecule has 0 bridgehead atoms. The fraction of sp³-hybridized carbons (Fsp3) is 0.930. The van der Waals surface area contributed by atoms with Gasteiger partial charge in [0.15, 0.2) is 12.2 Å². The molecule has 76 heavy (non-hydrogen) atoms. The number of ether oxygens (including phenoxy) is 4. The first-order chi connectivity index (χ1) is 36.7. The van der Waals surface area contributed by atoms with Gasteiger partial charge in [0, 0.05) is 25.7 Å². The summed E-state index contributed by atoms with van der Waals surface area (Å²) >= 11 is 0. The standard InChI is InChI=1S/C57H110O17P2/c1-5-9-13-17-20-23-24-25-26-27-28-29-32-36-40-44-57(62)74-53(48-68-55(60)42-38-34-30-21-18-14-10-6-2)50-72-76(65,66)70-46-51(58)45-69-75(63,64)71-49-52(47-67-54(59)41-37-33-16-12-8-4)73-56(61)43-39-35-31-22-19-15-11-7-3/h51-53,58H,5-50H2,1-4H3,(H,63,64)(H,65,66)/t51-,52+,53+/m0/s1. The minimum absolute atomic E-state index is 0.104. The zero-order chi connectivity index (χ0) is 56.2. The van der Waals surface area contributed by atoms with E-state index < -0.39 is 97.5 Å². The first kappa shape index (κ1) is 74.1. The summed E-state index contributed by atoms with van der Waals surface area (Å²) in [6.07, 6.45) is 35.3. The van der Waals surface area contributed by atoms with Crippen molar-refractivity contribution in [2.45, 2.75) is 303 Å². The van der Waals surface area contributed by atoms with Crippen LogP contribution in [0.4, 0.5) is 0 Å². The van der Waals surface area contributed by atoms with Crippen molar-refractivity contribution in [3.8, 4) is 0 Å². The third-order valence-corrected chi connectivity index (χ3v) is 15.0. The Hall–Kier alpha value is -1.94. The number of carbonyl (C=O) groups is 4. The molecule has 0 saturated heterocycles. The highest BCUT2D eigenvalue weighted by molar-refractivity contribution is 7.47. The van der Waals surface area contributed by atoms with Gasteiger partial charge in [0.2, 0.25) is 0 Å². The Morgan fingerprint density at radius 3 is 0.776 bits per heavy atom. The number of rotatable bonds is 58. The fourth-order valence-corrected chi connectivity index (χ4v) is 9.98. The summed E-state index contributed by atoms with van der Waals surface area (Å²) in [7, 11) is -9.86. The molecule has 0 aliphatic carbocycles. The number of hydrogen-bond donors (Lipinski definition) is 3. The maximum absolute atomic E-state index is 12.9. The SMILES string of the molecule is CCCCCCCCCCCCCCCCCC(=O)O[C@H](COC(=O)CCCCCCCCCC)COP(=O)(O)OC[C@@H](O)COP(=O)(O)OC[C@@H](COC(=O)CCCCCCC)OC(=O)CCCCCCCCCC. The van der Waals surface area contributed by atoms with E-state index >= 15 is 0 Å². The van der Waals surface area contributed by atoms with Gasteiger partial charge in [-0.05, 0) is 25.7 Å². The number of phosphoric ester groups is 2. The number of unbranched alkanes of at least 4 members (excludes halogenated alkanes) is 32. The van der Waals surface area contributed by atoms with Gasteiger partial charge in [-0.15, -0.1) is 0 Å². The molecule has 0 aromatic carbocycles. The van der Waals surface area contributed by atoms with Gasteiger partial charge in [0.05, 0.1) is 26.4 Å². The molecule has 0 radical (unpaired) electrons. The summed E-state index contributed by atoms with van der Waals surface area (Å²) in [5, 5.41) is 10.5. The van der Waals surface area contributed by atoms with Crippen molar-refractivity contribution >= 4 is 39.5 Å². The highest BCUT2D eigenvalue weighted by Gasteiger charge is 2.30. The minimum Gasteiger partial charge on any atom is -0.462 e. The lowest BCUT2D eigenvalue weighted by Crippen LogP contribution is -2.30. The van der Waals surface area contributed by atoms with Gasteiger partial charge in [-0.1, -0.05) is 233 Å². The summed E-state index contributed by atoms with van der Waals surface area (Å²) in [6, 6.07) is 0. The Morgan fingerprint density at radius 1 is 0.316 bits per heavy atom. The molecule has 0 aromatic heterocycles. The van der Waals surface area contributed by atoms with Gasteiger partial charge in [0.1, 0.15) is 19.3 Å². The molecular formula is C57H110O17P2. The number of esters is 4. The van der Waals surface area contributed by atoms with Crippen LogP contribution in [0.5, 0.6) is 0 Å². The molecule has 17 nitrogen and oxygen atoms in total. The van der Waals surface area contributed by atoms with Crippen molar-refractivity contribution in [1.29, 1.82) is 0 Å². The molecule has 0 aromatic rings. The lowest BCUT2D eigenvalue weighted by molar-refractivity contribution is -0.161. The number of aliphatic hydroxyl groups excluding tert-OH is 1. The van der Waals surface area contributed by atoms with Crippen molar-refractivity contribution in [3.05, 3.63) is 0 Å². The van der Waals surface area contributed by atoms with E-state index in [4.69, 9.17) is 37.0 Å². The highest BCUT2D eigenvalue weighted by Crippen LogP contribution is 2.45. The third kappa shape index (κ3) is 51.5. The minimum atomic E-state index is -4.93. The molecule has 0 rings (SSSR count). The van der Waals surface area contributed by atoms with Gasteiger partial charge >= 0.3 is 39.5 Å². The molecule has 5 atom stereocenters. The third-order valence-electron chi connectivity index (χ3n) is 13.1.